The zero-order valence-corrected chi connectivity index (χ0v) is 12.1. The van der Waals surface area contributed by atoms with E-state index in [4.69, 9.17) is 11.6 Å². The molecule has 1 aromatic carbocycles. The van der Waals surface area contributed by atoms with E-state index < -0.39 is 16.5 Å². The van der Waals surface area contributed by atoms with Crippen LogP contribution in [0, 0.1) is 10.1 Å². The summed E-state index contributed by atoms with van der Waals surface area (Å²) in [5.41, 5.74) is 0.323. The number of nitro groups is 1. The van der Waals surface area contributed by atoms with Gasteiger partial charge in [0.15, 0.2) is 5.82 Å². The van der Waals surface area contributed by atoms with Crippen LogP contribution in [0.25, 0.3) is 0 Å². The van der Waals surface area contributed by atoms with Gasteiger partial charge in [-0.2, -0.15) is 5.10 Å². The predicted molar refractivity (Wildman–Crippen MR) is 78.7 cm³/mol. The standard InChI is InChI=1S/C13H13ClN4O3/c1-7(2)10-6-11(17-16-10)15-13(19)8-4-3-5-9(14)12(8)18(20)21/h3-7H,1-2H3,(H2,15,16,17,19). The average Bonchev–Trinajstić information content (AvgIpc) is 2.86. The summed E-state index contributed by atoms with van der Waals surface area (Å²) < 4.78 is 0. The van der Waals surface area contributed by atoms with Gasteiger partial charge in [-0.05, 0) is 18.1 Å². The zero-order valence-electron chi connectivity index (χ0n) is 11.4. The molecule has 110 valence electrons. The van der Waals surface area contributed by atoms with E-state index in [1.807, 2.05) is 13.8 Å². The van der Waals surface area contributed by atoms with Crippen molar-refractivity contribution in [1.29, 1.82) is 0 Å². The van der Waals surface area contributed by atoms with Gasteiger partial charge in [0.1, 0.15) is 10.6 Å². The number of benzene rings is 1. The summed E-state index contributed by atoms with van der Waals surface area (Å²) in [5.74, 6) is -0.104. The summed E-state index contributed by atoms with van der Waals surface area (Å²) in [7, 11) is 0. The summed E-state index contributed by atoms with van der Waals surface area (Å²) >= 11 is 5.77. The van der Waals surface area contributed by atoms with Crippen molar-refractivity contribution in [3.8, 4) is 0 Å². The number of rotatable bonds is 4. The van der Waals surface area contributed by atoms with Gasteiger partial charge in [0.2, 0.25) is 0 Å². The molecule has 0 fully saturated rings. The van der Waals surface area contributed by atoms with Crippen LogP contribution < -0.4 is 5.32 Å². The van der Waals surface area contributed by atoms with E-state index in [-0.39, 0.29) is 16.5 Å². The first-order chi connectivity index (χ1) is 9.90. The quantitative estimate of drug-likeness (QED) is 0.668. The van der Waals surface area contributed by atoms with Crippen LogP contribution in [0.2, 0.25) is 5.02 Å². The summed E-state index contributed by atoms with van der Waals surface area (Å²) in [6.45, 7) is 3.95. The molecule has 1 heterocycles. The topological polar surface area (TPSA) is 101 Å². The molecule has 1 amide bonds. The molecule has 2 aromatic rings. The van der Waals surface area contributed by atoms with E-state index in [1.54, 1.807) is 6.07 Å². The number of hydrogen-bond acceptors (Lipinski definition) is 4. The van der Waals surface area contributed by atoms with Crippen LogP contribution in [0.15, 0.2) is 24.3 Å². The Labute approximate surface area is 125 Å². The lowest BCUT2D eigenvalue weighted by molar-refractivity contribution is -0.385. The van der Waals surface area contributed by atoms with E-state index in [9.17, 15) is 14.9 Å². The van der Waals surface area contributed by atoms with E-state index >= 15 is 0 Å². The average molecular weight is 309 g/mol. The molecule has 0 radical (unpaired) electrons. The number of para-hydroxylation sites is 1. The highest BCUT2D eigenvalue weighted by Gasteiger charge is 2.24. The Hall–Kier alpha value is -2.41. The first-order valence-corrected chi connectivity index (χ1v) is 6.57. The summed E-state index contributed by atoms with van der Waals surface area (Å²) in [6, 6.07) is 5.87. The number of H-pyrrole nitrogens is 1. The Kier molecular flexibility index (Phi) is 4.23. The van der Waals surface area contributed by atoms with Crippen LogP contribution in [0.1, 0.15) is 35.8 Å². The van der Waals surface area contributed by atoms with Crippen LogP contribution in [0.4, 0.5) is 11.5 Å². The molecule has 0 aliphatic carbocycles. The van der Waals surface area contributed by atoms with E-state index in [2.05, 4.69) is 15.5 Å². The Morgan fingerprint density at radius 1 is 1.48 bits per heavy atom. The van der Waals surface area contributed by atoms with Crippen molar-refractivity contribution >= 4 is 29.0 Å². The molecule has 1 aromatic heterocycles. The van der Waals surface area contributed by atoms with Crippen molar-refractivity contribution in [3.63, 3.8) is 0 Å². The van der Waals surface area contributed by atoms with Gasteiger partial charge >= 0.3 is 5.69 Å². The molecule has 0 aliphatic rings. The number of halogens is 1. The molecule has 2 N–H and O–H groups in total. The van der Waals surface area contributed by atoms with Gasteiger partial charge in [0.25, 0.3) is 5.91 Å². The van der Waals surface area contributed by atoms with E-state index in [0.717, 1.165) is 5.69 Å². The molecular weight excluding hydrogens is 296 g/mol. The number of carbonyl (C=O) groups excluding carboxylic acids is 1. The van der Waals surface area contributed by atoms with Crippen LogP contribution in [0.5, 0.6) is 0 Å². The minimum absolute atomic E-state index is 0.0856. The lowest BCUT2D eigenvalue weighted by Crippen LogP contribution is -2.14. The highest BCUT2D eigenvalue weighted by Crippen LogP contribution is 2.28. The zero-order chi connectivity index (χ0) is 15.6. The van der Waals surface area contributed by atoms with E-state index in [1.165, 1.54) is 18.2 Å². The molecule has 0 saturated carbocycles. The van der Waals surface area contributed by atoms with Gasteiger partial charge in [0.05, 0.1) is 4.92 Å². The summed E-state index contributed by atoms with van der Waals surface area (Å²) in [6.07, 6.45) is 0. The molecule has 2 rings (SSSR count). The minimum atomic E-state index is -0.679. The molecule has 0 aliphatic heterocycles. The van der Waals surface area contributed by atoms with Crippen LogP contribution in [-0.2, 0) is 0 Å². The lowest BCUT2D eigenvalue weighted by Gasteiger charge is -2.04. The van der Waals surface area contributed by atoms with Gasteiger partial charge in [0, 0.05) is 11.8 Å². The Morgan fingerprint density at radius 3 is 2.76 bits per heavy atom. The van der Waals surface area contributed by atoms with Gasteiger partial charge in [-0.25, -0.2) is 0 Å². The first-order valence-electron chi connectivity index (χ1n) is 6.19. The number of nitro benzene ring substituents is 1. The Morgan fingerprint density at radius 2 is 2.19 bits per heavy atom. The second-order valence-corrected chi connectivity index (χ2v) is 5.12. The van der Waals surface area contributed by atoms with Gasteiger partial charge in [-0.1, -0.05) is 31.5 Å². The van der Waals surface area contributed by atoms with Gasteiger partial charge < -0.3 is 5.32 Å². The van der Waals surface area contributed by atoms with Crippen LogP contribution >= 0.6 is 11.6 Å². The number of anilines is 1. The van der Waals surface area contributed by atoms with Crippen molar-refractivity contribution in [1.82, 2.24) is 10.2 Å². The highest BCUT2D eigenvalue weighted by atomic mass is 35.5. The summed E-state index contributed by atoms with van der Waals surface area (Å²) in [5, 5.41) is 20.2. The Bertz CT molecular complexity index is 696. The molecule has 0 spiro atoms. The summed E-state index contributed by atoms with van der Waals surface area (Å²) in [4.78, 5) is 22.5. The highest BCUT2D eigenvalue weighted by molar-refractivity contribution is 6.33. The normalized spacial score (nSPS) is 10.7. The maximum atomic E-state index is 12.1. The number of nitrogens with one attached hydrogen (secondary N) is 2. The Balaban J connectivity index is 2.28. The third kappa shape index (κ3) is 3.19. The fourth-order valence-corrected chi connectivity index (χ4v) is 2.01. The van der Waals surface area contributed by atoms with Crippen LogP contribution in [0.3, 0.4) is 0 Å². The molecule has 21 heavy (non-hydrogen) atoms. The van der Waals surface area contributed by atoms with Crippen molar-refractivity contribution in [2.24, 2.45) is 0 Å². The first kappa shape index (κ1) is 15.0. The molecule has 0 bridgehead atoms. The third-order valence-electron chi connectivity index (χ3n) is 2.88. The molecule has 0 unspecified atom stereocenters. The second-order valence-electron chi connectivity index (χ2n) is 4.71. The smallest absolute Gasteiger partial charge is 0.300 e. The molecule has 0 saturated heterocycles. The maximum absolute atomic E-state index is 12.1. The largest absolute Gasteiger partial charge is 0.305 e. The number of aromatic amines is 1. The number of nitrogens with zero attached hydrogens (tertiary/aromatic N) is 2. The fourth-order valence-electron chi connectivity index (χ4n) is 1.76. The number of carbonyl (C=O) groups is 1. The van der Waals surface area contributed by atoms with Gasteiger partial charge in [-0.3, -0.25) is 20.0 Å². The second kappa shape index (κ2) is 5.92. The van der Waals surface area contributed by atoms with Gasteiger partial charge in [-0.15, -0.1) is 0 Å². The van der Waals surface area contributed by atoms with Crippen molar-refractivity contribution in [2.45, 2.75) is 19.8 Å². The number of aromatic nitrogens is 2. The molecule has 0 atom stereocenters. The fraction of sp³-hybridized carbons (Fsp3) is 0.231. The number of hydrogen-bond donors (Lipinski definition) is 2. The molecule has 8 heteroatoms. The monoisotopic (exact) mass is 308 g/mol. The SMILES string of the molecule is CC(C)c1cc(NC(=O)c2cccc(Cl)c2[N+](=O)[O-])n[nH]1. The molecular formula is C13H13ClN4O3. The molecule has 7 nitrogen and oxygen atoms in total. The van der Waals surface area contributed by atoms with Crippen LogP contribution in [-0.4, -0.2) is 21.0 Å². The predicted octanol–water partition coefficient (Wildman–Crippen LogP) is 3.35. The van der Waals surface area contributed by atoms with E-state index in [0.29, 0.717) is 5.82 Å². The van der Waals surface area contributed by atoms with Crippen molar-refractivity contribution in [3.05, 3.63) is 50.7 Å². The maximum Gasteiger partial charge on any atom is 0.300 e. The van der Waals surface area contributed by atoms with Crippen molar-refractivity contribution in [2.75, 3.05) is 5.32 Å². The minimum Gasteiger partial charge on any atom is -0.305 e. The lowest BCUT2D eigenvalue weighted by atomic mass is 10.1. The third-order valence-corrected chi connectivity index (χ3v) is 3.18. The number of amides is 1. The van der Waals surface area contributed by atoms with Crippen molar-refractivity contribution < 1.29 is 9.72 Å².